The molecule has 0 aromatic heterocycles. The molecule has 16 heavy (non-hydrogen) atoms. The van der Waals surface area contributed by atoms with Gasteiger partial charge in [-0.05, 0) is 30.7 Å². The van der Waals surface area contributed by atoms with Gasteiger partial charge in [-0.2, -0.15) is 0 Å². The van der Waals surface area contributed by atoms with Crippen LogP contribution in [0.5, 0.6) is 5.75 Å². The van der Waals surface area contributed by atoms with Crippen LogP contribution in [0.15, 0.2) is 30.3 Å². The highest BCUT2D eigenvalue weighted by Crippen LogP contribution is 2.12. The average molecular weight is 220 g/mol. The lowest BCUT2D eigenvalue weighted by Crippen LogP contribution is -2.08. The minimum Gasteiger partial charge on any atom is -0.494 e. The summed E-state index contributed by atoms with van der Waals surface area (Å²) in [6, 6.07) is 7.01. The lowest BCUT2D eigenvalue weighted by molar-refractivity contribution is -0.146. The van der Waals surface area contributed by atoms with E-state index in [1.165, 1.54) is 6.08 Å². The number of carboxylic acids is 1. The topological polar surface area (TPSA) is 63.6 Å². The molecule has 84 valence electrons. The van der Waals surface area contributed by atoms with Gasteiger partial charge in [-0.1, -0.05) is 18.2 Å². The smallest absolute Gasteiger partial charge is 0.376 e. The van der Waals surface area contributed by atoms with Crippen molar-refractivity contribution in [2.75, 3.05) is 6.61 Å². The number of carbonyl (C=O) groups is 2. The highest BCUT2D eigenvalue weighted by Gasteiger charge is 2.05. The second-order valence-corrected chi connectivity index (χ2v) is 3.00. The third kappa shape index (κ3) is 3.57. The number of hydrogen-bond donors (Lipinski definition) is 1. The molecule has 1 N–H and O–H groups in total. The molecule has 1 aromatic rings. The zero-order chi connectivity index (χ0) is 12.0. The molecule has 0 spiro atoms. The molecule has 0 aliphatic carbocycles. The predicted octanol–water partition coefficient (Wildman–Crippen LogP) is 1.75. The third-order valence-corrected chi connectivity index (χ3v) is 1.83. The van der Waals surface area contributed by atoms with Crippen LogP contribution in [-0.4, -0.2) is 23.5 Å². The Balaban J connectivity index is 2.68. The fraction of sp³-hybridized carbons (Fsp3) is 0.167. The first kappa shape index (κ1) is 12.0. The van der Waals surface area contributed by atoms with E-state index in [1.54, 1.807) is 24.3 Å². The van der Waals surface area contributed by atoms with Gasteiger partial charge in [0.05, 0.1) is 6.61 Å². The predicted molar refractivity (Wildman–Crippen MR) is 59.3 cm³/mol. The van der Waals surface area contributed by atoms with Crippen LogP contribution < -0.4 is 4.74 Å². The maximum absolute atomic E-state index is 10.8. The zero-order valence-electron chi connectivity index (χ0n) is 8.84. The number of ketones is 1. The first-order valence-corrected chi connectivity index (χ1v) is 4.81. The summed E-state index contributed by atoms with van der Waals surface area (Å²) in [5.74, 6) is -1.65. The Bertz CT molecular complexity index is 404. The van der Waals surface area contributed by atoms with E-state index in [-0.39, 0.29) is 0 Å². The van der Waals surface area contributed by atoms with Crippen LogP contribution >= 0.6 is 0 Å². The zero-order valence-corrected chi connectivity index (χ0v) is 8.84. The van der Waals surface area contributed by atoms with Crippen LogP contribution in [0.3, 0.4) is 0 Å². The van der Waals surface area contributed by atoms with Crippen molar-refractivity contribution in [2.24, 2.45) is 0 Å². The van der Waals surface area contributed by atoms with Crippen molar-refractivity contribution in [1.29, 1.82) is 0 Å². The molecule has 0 saturated heterocycles. The number of carbonyl (C=O) groups excluding carboxylic acids is 1. The standard InChI is InChI=1S/C12H12O4/c1-2-16-10-6-3-9(4-7-10)5-8-11(13)12(14)15/h3-8H,2H2,1H3,(H,14,15). The monoisotopic (exact) mass is 220 g/mol. The quantitative estimate of drug-likeness (QED) is 0.606. The second-order valence-electron chi connectivity index (χ2n) is 3.00. The van der Waals surface area contributed by atoms with Crippen LogP contribution in [-0.2, 0) is 9.59 Å². The molecule has 4 heteroatoms. The summed E-state index contributed by atoms with van der Waals surface area (Å²) in [5.41, 5.74) is 0.748. The molecule has 0 radical (unpaired) electrons. The first-order valence-electron chi connectivity index (χ1n) is 4.81. The molecule has 1 aromatic carbocycles. The molecule has 0 atom stereocenters. The molecule has 0 aliphatic rings. The number of rotatable bonds is 5. The maximum atomic E-state index is 10.8. The lowest BCUT2D eigenvalue weighted by atomic mass is 10.2. The van der Waals surface area contributed by atoms with E-state index in [1.807, 2.05) is 6.92 Å². The highest BCUT2D eigenvalue weighted by molar-refractivity contribution is 6.38. The van der Waals surface area contributed by atoms with Crippen molar-refractivity contribution < 1.29 is 19.4 Å². The van der Waals surface area contributed by atoms with Crippen LogP contribution in [0.25, 0.3) is 6.08 Å². The Morgan fingerprint density at radius 3 is 2.44 bits per heavy atom. The summed E-state index contributed by atoms with van der Waals surface area (Å²) in [4.78, 5) is 21.0. The fourth-order valence-electron chi connectivity index (χ4n) is 1.09. The Hall–Kier alpha value is -2.10. The summed E-state index contributed by atoms with van der Waals surface area (Å²) in [5, 5.41) is 8.35. The fourth-order valence-corrected chi connectivity index (χ4v) is 1.09. The first-order chi connectivity index (χ1) is 7.63. The molecule has 1 rings (SSSR count). The third-order valence-electron chi connectivity index (χ3n) is 1.83. The number of aliphatic carboxylic acids is 1. The van der Waals surface area contributed by atoms with Gasteiger partial charge in [0.2, 0.25) is 0 Å². The highest BCUT2D eigenvalue weighted by atomic mass is 16.5. The van der Waals surface area contributed by atoms with Gasteiger partial charge < -0.3 is 9.84 Å². The number of benzene rings is 1. The molecular weight excluding hydrogens is 208 g/mol. The molecule has 0 saturated carbocycles. The Kier molecular flexibility index (Phi) is 4.27. The van der Waals surface area contributed by atoms with Crippen molar-refractivity contribution in [3.05, 3.63) is 35.9 Å². The van der Waals surface area contributed by atoms with Gasteiger partial charge in [0.1, 0.15) is 5.75 Å². The molecule has 0 amide bonds. The van der Waals surface area contributed by atoms with Crippen molar-refractivity contribution in [3.8, 4) is 5.75 Å². The summed E-state index contributed by atoms with van der Waals surface area (Å²) >= 11 is 0. The molecule has 4 nitrogen and oxygen atoms in total. The Morgan fingerprint density at radius 1 is 1.31 bits per heavy atom. The van der Waals surface area contributed by atoms with Crippen molar-refractivity contribution in [1.82, 2.24) is 0 Å². The van der Waals surface area contributed by atoms with Gasteiger partial charge in [-0.25, -0.2) is 4.79 Å². The summed E-state index contributed by atoms with van der Waals surface area (Å²) in [7, 11) is 0. The summed E-state index contributed by atoms with van der Waals surface area (Å²) in [6.07, 6.45) is 2.48. The average Bonchev–Trinajstić information content (AvgIpc) is 2.28. The van der Waals surface area contributed by atoms with Crippen molar-refractivity contribution >= 4 is 17.8 Å². The molecule has 0 aliphatic heterocycles. The second kappa shape index (κ2) is 5.70. The maximum Gasteiger partial charge on any atom is 0.376 e. The van der Waals surface area contributed by atoms with Crippen molar-refractivity contribution in [2.45, 2.75) is 6.92 Å². The van der Waals surface area contributed by atoms with Gasteiger partial charge in [0.15, 0.2) is 0 Å². The molecule has 0 fully saturated rings. The van der Waals surface area contributed by atoms with Gasteiger partial charge >= 0.3 is 5.97 Å². The SMILES string of the molecule is CCOc1ccc(C=CC(=O)C(=O)O)cc1. The summed E-state index contributed by atoms with van der Waals surface area (Å²) in [6.45, 7) is 2.48. The molecule has 0 unspecified atom stereocenters. The van der Waals surface area contributed by atoms with Crippen LogP contribution in [0.1, 0.15) is 12.5 Å². The van der Waals surface area contributed by atoms with Gasteiger partial charge in [-0.15, -0.1) is 0 Å². The van der Waals surface area contributed by atoms with Crippen LogP contribution in [0.2, 0.25) is 0 Å². The van der Waals surface area contributed by atoms with E-state index in [2.05, 4.69) is 0 Å². The number of hydrogen-bond acceptors (Lipinski definition) is 3. The largest absolute Gasteiger partial charge is 0.494 e. The number of ether oxygens (including phenoxy) is 1. The van der Waals surface area contributed by atoms with Gasteiger partial charge in [-0.3, -0.25) is 4.79 Å². The van der Waals surface area contributed by atoms with Gasteiger partial charge in [0.25, 0.3) is 5.78 Å². The Labute approximate surface area is 93.2 Å². The van der Waals surface area contributed by atoms with E-state index in [0.29, 0.717) is 6.61 Å². The van der Waals surface area contributed by atoms with Crippen LogP contribution in [0.4, 0.5) is 0 Å². The minimum atomic E-state index is -1.46. The summed E-state index contributed by atoms with van der Waals surface area (Å²) < 4.78 is 5.24. The Morgan fingerprint density at radius 2 is 1.94 bits per heavy atom. The molecule has 0 bridgehead atoms. The lowest BCUT2D eigenvalue weighted by Gasteiger charge is -2.01. The minimum absolute atomic E-state index is 0.590. The van der Waals surface area contributed by atoms with E-state index < -0.39 is 11.8 Å². The molecule has 0 heterocycles. The van der Waals surface area contributed by atoms with E-state index in [4.69, 9.17) is 9.84 Å². The number of carboxylic acid groups (broad SMARTS) is 1. The van der Waals surface area contributed by atoms with E-state index in [0.717, 1.165) is 17.4 Å². The van der Waals surface area contributed by atoms with E-state index in [9.17, 15) is 9.59 Å². The van der Waals surface area contributed by atoms with Crippen LogP contribution in [0, 0.1) is 0 Å². The normalized spacial score (nSPS) is 10.3. The van der Waals surface area contributed by atoms with Gasteiger partial charge in [0, 0.05) is 0 Å². The molecular formula is C12H12O4. The van der Waals surface area contributed by atoms with E-state index >= 15 is 0 Å². The van der Waals surface area contributed by atoms with Crippen molar-refractivity contribution in [3.63, 3.8) is 0 Å².